The molecular formula is C18H21N3O3. The number of nitrogens with zero attached hydrogens (tertiary/aromatic N) is 3. The van der Waals surface area contributed by atoms with Gasteiger partial charge < -0.3 is 19.1 Å². The van der Waals surface area contributed by atoms with Crippen molar-refractivity contribution in [3.05, 3.63) is 54.4 Å². The number of amides is 2. The van der Waals surface area contributed by atoms with Gasteiger partial charge in [-0.1, -0.05) is 0 Å². The molecule has 0 atom stereocenters. The maximum Gasteiger partial charge on any atom is 0.409 e. The zero-order chi connectivity index (χ0) is 16.9. The molecule has 1 aliphatic rings. The highest BCUT2D eigenvalue weighted by atomic mass is 16.5. The quantitative estimate of drug-likeness (QED) is 0.851. The summed E-state index contributed by atoms with van der Waals surface area (Å²) in [4.78, 5) is 27.7. The van der Waals surface area contributed by atoms with Gasteiger partial charge in [0.05, 0.1) is 7.11 Å². The van der Waals surface area contributed by atoms with Crippen LogP contribution in [-0.2, 0) is 4.74 Å². The molecule has 0 saturated carbocycles. The molecule has 0 radical (unpaired) electrons. The fourth-order valence-corrected chi connectivity index (χ4v) is 2.90. The van der Waals surface area contributed by atoms with E-state index in [4.69, 9.17) is 4.74 Å². The minimum absolute atomic E-state index is 0.000715. The second kappa shape index (κ2) is 7.21. The lowest BCUT2D eigenvalue weighted by Crippen LogP contribution is -2.37. The minimum atomic E-state index is -0.333. The Bertz CT molecular complexity index is 695. The van der Waals surface area contributed by atoms with Crippen LogP contribution in [0.25, 0.3) is 5.69 Å². The molecule has 0 unspecified atom stereocenters. The number of carbonyl (C=O) groups is 2. The molecule has 0 spiro atoms. The Kier molecular flexibility index (Phi) is 4.84. The van der Waals surface area contributed by atoms with Gasteiger partial charge in [0.1, 0.15) is 0 Å². The Hall–Kier alpha value is -2.76. The molecule has 1 aromatic heterocycles. The van der Waals surface area contributed by atoms with Gasteiger partial charge in [-0.3, -0.25) is 4.79 Å². The molecule has 126 valence electrons. The predicted molar refractivity (Wildman–Crippen MR) is 90.3 cm³/mol. The first-order chi connectivity index (χ1) is 11.7. The summed E-state index contributed by atoms with van der Waals surface area (Å²) in [6, 6.07) is 11.5. The van der Waals surface area contributed by atoms with E-state index < -0.39 is 0 Å². The van der Waals surface area contributed by atoms with Crippen LogP contribution in [0.2, 0.25) is 0 Å². The molecule has 1 fully saturated rings. The van der Waals surface area contributed by atoms with Crippen LogP contribution >= 0.6 is 0 Å². The monoisotopic (exact) mass is 327 g/mol. The van der Waals surface area contributed by atoms with Gasteiger partial charge in [0.2, 0.25) is 0 Å². The van der Waals surface area contributed by atoms with E-state index in [1.807, 2.05) is 53.4 Å². The smallest absolute Gasteiger partial charge is 0.409 e. The molecule has 2 aromatic rings. The summed E-state index contributed by atoms with van der Waals surface area (Å²) in [7, 11) is 1.38. The minimum Gasteiger partial charge on any atom is -0.453 e. The van der Waals surface area contributed by atoms with E-state index in [2.05, 4.69) is 0 Å². The van der Waals surface area contributed by atoms with Crippen LogP contribution in [-0.4, -0.2) is 59.7 Å². The number of ether oxygens (including phenoxy) is 1. The Balaban J connectivity index is 1.67. The first-order valence-electron chi connectivity index (χ1n) is 8.04. The van der Waals surface area contributed by atoms with Gasteiger partial charge in [-0.2, -0.15) is 0 Å². The Morgan fingerprint density at radius 3 is 2.21 bits per heavy atom. The van der Waals surface area contributed by atoms with Crippen molar-refractivity contribution in [3.8, 4) is 5.69 Å². The fraction of sp³-hybridized carbons (Fsp3) is 0.333. The first-order valence-corrected chi connectivity index (χ1v) is 8.04. The fourth-order valence-electron chi connectivity index (χ4n) is 2.90. The van der Waals surface area contributed by atoms with Crippen molar-refractivity contribution >= 4 is 12.0 Å². The van der Waals surface area contributed by atoms with E-state index in [9.17, 15) is 9.59 Å². The highest BCUT2D eigenvalue weighted by molar-refractivity contribution is 5.94. The second-order valence-electron chi connectivity index (χ2n) is 5.74. The lowest BCUT2D eigenvalue weighted by atomic mass is 10.1. The summed E-state index contributed by atoms with van der Waals surface area (Å²) >= 11 is 0. The largest absolute Gasteiger partial charge is 0.453 e. The van der Waals surface area contributed by atoms with E-state index in [1.165, 1.54) is 7.11 Å². The van der Waals surface area contributed by atoms with Gasteiger partial charge in [0.25, 0.3) is 5.91 Å². The van der Waals surface area contributed by atoms with Crippen molar-refractivity contribution < 1.29 is 14.3 Å². The number of aromatic nitrogens is 1. The third-order valence-electron chi connectivity index (χ3n) is 4.23. The first kappa shape index (κ1) is 16.1. The zero-order valence-electron chi connectivity index (χ0n) is 13.7. The second-order valence-corrected chi connectivity index (χ2v) is 5.74. The molecule has 0 bridgehead atoms. The van der Waals surface area contributed by atoms with Crippen LogP contribution in [0, 0.1) is 0 Å². The summed E-state index contributed by atoms with van der Waals surface area (Å²) in [5.41, 5.74) is 1.68. The molecule has 3 rings (SSSR count). The molecule has 6 nitrogen and oxygen atoms in total. The van der Waals surface area contributed by atoms with Crippen molar-refractivity contribution in [1.29, 1.82) is 0 Å². The molecule has 0 N–H and O–H groups in total. The maximum atomic E-state index is 12.7. The van der Waals surface area contributed by atoms with E-state index in [0.29, 0.717) is 31.7 Å². The molecule has 1 saturated heterocycles. The highest BCUT2D eigenvalue weighted by Crippen LogP contribution is 2.13. The molecule has 24 heavy (non-hydrogen) atoms. The maximum absolute atomic E-state index is 12.7. The number of hydrogen-bond acceptors (Lipinski definition) is 3. The molecule has 2 amide bonds. The number of hydrogen-bond donors (Lipinski definition) is 0. The van der Waals surface area contributed by atoms with Crippen LogP contribution < -0.4 is 0 Å². The van der Waals surface area contributed by atoms with Crippen molar-refractivity contribution in [3.63, 3.8) is 0 Å². The third-order valence-corrected chi connectivity index (χ3v) is 4.23. The molecule has 1 aliphatic heterocycles. The van der Waals surface area contributed by atoms with Gasteiger partial charge in [-0.25, -0.2) is 4.79 Å². The Morgan fingerprint density at radius 1 is 0.917 bits per heavy atom. The summed E-state index contributed by atoms with van der Waals surface area (Å²) in [6.45, 7) is 2.28. The molecule has 6 heteroatoms. The number of methoxy groups -OCH3 is 1. The molecular weight excluding hydrogens is 306 g/mol. The van der Waals surface area contributed by atoms with Gasteiger partial charge in [0, 0.05) is 49.8 Å². The highest BCUT2D eigenvalue weighted by Gasteiger charge is 2.23. The third kappa shape index (κ3) is 3.42. The van der Waals surface area contributed by atoms with E-state index in [1.54, 1.807) is 9.80 Å². The number of rotatable bonds is 2. The van der Waals surface area contributed by atoms with Gasteiger partial charge in [-0.05, 0) is 42.8 Å². The van der Waals surface area contributed by atoms with E-state index in [0.717, 1.165) is 12.1 Å². The molecule has 1 aromatic carbocycles. The topological polar surface area (TPSA) is 54.8 Å². The Morgan fingerprint density at radius 2 is 1.54 bits per heavy atom. The van der Waals surface area contributed by atoms with Crippen LogP contribution in [0.3, 0.4) is 0 Å². The van der Waals surface area contributed by atoms with Gasteiger partial charge in [0.15, 0.2) is 0 Å². The number of carbonyl (C=O) groups excluding carboxylic acids is 2. The van der Waals surface area contributed by atoms with E-state index in [-0.39, 0.29) is 12.0 Å². The van der Waals surface area contributed by atoms with Gasteiger partial charge >= 0.3 is 6.09 Å². The van der Waals surface area contributed by atoms with Crippen LogP contribution in [0.5, 0.6) is 0 Å². The summed E-state index contributed by atoms with van der Waals surface area (Å²) in [5, 5.41) is 0. The van der Waals surface area contributed by atoms with E-state index >= 15 is 0 Å². The lowest BCUT2D eigenvalue weighted by molar-refractivity contribution is 0.0757. The SMILES string of the molecule is COC(=O)N1CCCN(C(=O)c2ccc(-n3cccc3)cc2)CC1. The van der Waals surface area contributed by atoms with Crippen LogP contribution in [0.15, 0.2) is 48.8 Å². The average Bonchev–Trinajstić information content (AvgIpc) is 3.05. The van der Waals surface area contributed by atoms with Crippen molar-refractivity contribution in [1.82, 2.24) is 14.4 Å². The normalized spacial score (nSPS) is 15.0. The van der Waals surface area contributed by atoms with Gasteiger partial charge in [-0.15, -0.1) is 0 Å². The van der Waals surface area contributed by atoms with Crippen LogP contribution in [0.4, 0.5) is 4.79 Å². The average molecular weight is 327 g/mol. The van der Waals surface area contributed by atoms with Crippen LogP contribution in [0.1, 0.15) is 16.8 Å². The summed E-state index contributed by atoms with van der Waals surface area (Å²) in [6.07, 6.45) is 4.35. The van der Waals surface area contributed by atoms with Crippen molar-refractivity contribution in [2.45, 2.75) is 6.42 Å². The Labute approximate surface area is 141 Å². The zero-order valence-corrected chi connectivity index (χ0v) is 13.7. The predicted octanol–water partition coefficient (Wildman–Crippen LogP) is 2.39. The number of benzene rings is 1. The summed E-state index contributed by atoms with van der Waals surface area (Å²) < 4.78 is 6.75. The standard InChI is InChI=1S/C18H21N3O3/c1-24-18(23)21-12-4-11-20(13-14-21)17(22)15-5-7-16(8-6-15)19-9-2-3-10-19/h2-3,5-10H,4,11-14H2,1H3. The van der Waals surface area contributed by atoms with Crippen molar-refractivity contribution in [2.24, 2.45) is 0 Å². The molecule has 0 aliphatic carbocycles. The lowest BCUT2D eigenvalue weighted by Gasteiger charge is -2.21. The summed E-state index contributed by atoms with van der Waals surface area (Å²) in [5.74, 6) is 0.000715. The molecule has 2 heterocycles. The van der Waals surface area contributed by atoms with Crippen molar-refractivity contribution in [2.75, 3.05) is 33.3 Å².